The highest BCUT2D eigenvalue weighted by atomic mass is 16.5. The molecule has 1 aliphatic carbocycles. The Bertz CT molecular complexity index is 851. The summed E-state index contributed by atoms with van der Waals surface area (Å²) in [6.45, 7) is 7.26. The van der Waals surface area contributed by atoms with Crippen molar-refractivity contribution in [3.05, 3.63) is 30.1 Å². The maximum atomic E-state index is 9.17. The van der Waals surface area contributed by atoms with Crippen LogP contribution in [-0.4, -0.2) is 52.2 Å². The molecule has 1 aliphatic heterocycles. The minimum Gasteiger partial charge on any atom is -0.373 e. The van der Waals surface area contributed by atoms with Crippen LogP contribution in [0.1, 0.15) is 45.1 Å². The van der Waals surface area contributed by atoms with Gasteiger partial charge in [0, 0.05) is 30.6 Å². The van der Waals surface area contributed by atoms with E-state index in [2.05, 4.69) is 40.1 Å². The van der Waals surface area contributed by atoms with Gasteiger partial charge in [0.2, 0.25) is 0 Å². The number of rotatable bonds is 3. The molecule has 0 spiro atoms. The molecular weight excluding hydrogens is 338 g/mol. The second-order valence-corrected chi connectivity index (χ2v) is 8.29. The van der Waals surface area contributed by atoms with E-state index in [0.29, 0.717) is 17.6 Å². The van der Waals surface area contributed by atoms with Crippen molar-refractivity contribution >= 4 is 16.7 Å². The van der Waals surface area contributed by atoms with Crippen LogP contribution in [0.4, 0.5) is 5.82 Å². The normalized spacial score (nSPS) is 25.8. The molecule has 2 aromatic rings. The van der Waals surface area contributed by atoms with Crippen LogP contribution in [0.25, 0.3) is 10.9 Å². The molecule has 4 rings (SSSR count). The highest BCUT2D eigenvalue weighted by molar-refractivity contribution is 5.89. The Morgan fingerprint density at radius 3 is 2.78 bits per heavy atom. The predicted molar refractivity (Wildman–Crippen MR) is 106 cm³/mol. The van der Waals surface area contributed by atoms with Crippen molar-refractivity contribution in [1.82, 2.24) is 14.9 Å². The van der Waals surface area contributed by atoms with E-state index in [-0.39, 0.29) is 5.60 Å². The van der Waals surface area contributed by atoms with Gasteiger partial charge < -0.3 is 10.1 Å². The van der Waals surface area contributed by atoms with Crippen LogP contribution in [-0.2, 0) is 4.74 Å². The number of morpholine rings is 1. The average Bonchev–Trinajstić information content (AvgIpc) is 2.68. The lowest BCUT2D eigenvalue weighted by Crippen LogP contribution is -2.53. The van der Waals surface area contributed by atoms with Gasteiger partial charge in [-0.25, -0.2) is 9.97 Å². The van der Waals surface area contributed by atoms with Crippen molar-refractivity contribution in [2.24, 2.45) is 0 Å². The largest absolute Gasteiger partial charge is 0.373 e. The first kappa shape index (κ1) is 18.1. The first-order valence-corrected chi connectivity index (χ1v) is 9.83. The molecule has 1 aromatic carbocycles. The minimum absolute atomic E-state index is 0.0360. The number of fused-ring (bicyclic) bond motifs is 1. The second-order valence-electron chi connectivity index (χ2n) is 8.29. The smallest absolute Gasteiger partial charge is 0.137 e. The van der Waals surface area contributed by atoms with E-state index in [9.17, 15) is 5.26 Å². The van der Waals surface area contributed by atoms with Crippen LogP contribution in [0.3, 0.4) is 0 Å². The third kappa shape index (κ3) is 4.05. The Hall–Kier alpha value is -2.23. The number of nitrogens with one attached hydrogen (secondary N) is 1. The molecule has 27 heavy (non-hydrogen) atoms. The quantitative estimate of drug-likeness (QED) is 0.899. The van der Waals surface area contributed by atoms with Crippen molar-refractivity contribution in [3.8, 4) is 6.07 Å². The zero-order chi connectivity index (χ0) is 18.9. The minimum atomic E-state index is -0.0360. The summed E-state index contributed by atoms with van der Waals surface area (Å²) in [5, 5.41) is 13.7. The van der Waals surface area contributed by atoms with Crippen LogP contribution >= 0.6 is 0 Å². The van der Waals surface area contributed by atoms with E-state index in [1.54, 1.807) is 12.4 Å². The van der Waals surface area contributed by atoms with Gasteiger partial charge in [-0.1, -0.05) is 0 Å². The zero-order valence-corrected chi connectivity index (χ0v) is 16.1. The summed E-state index contributed by atoms with van der Waals surface area (Å²) < 4.78 is 5.86. The van der Waals surface area contributed by atoms with Gasteiger partial charge in [0.15, 0.2) is 0 Å². The molecule has 1 saturated heterocycles. The molecule has 0 unspecified atom stereocenters. The van der Waals surface area contributed by atoms with Gasteiger partial charge in [-0.2, -0.15) is 5.26 Å². The fraction of sp³-hybridized carbons (Fsp3) is 0.571. The van der Waals surface area contributed by atoms with Gasteiger partial charge in [-0.05, 0) is 57.7 Å². The summed E-state index contributed by atoms with van der Waals surface area (Å²) in [6, 6.07) is 8.83. The van der Waals surface area contributed by atoms with E-state index in [4.69, 9.17) is 4.74 Å². The average molecular weight is 365 g/mol. The fourth-order valence-corrected chi connectivity index (χ4v) is 4.38. The molecular formula is C21H27N5O. The monoisotopic (exact) mass is 365 g/mol. The third-order valence-electron chi connectivity index (χ3n) is 5.77. The van der Waals surface area contributed by atoms with Gasteiger partial charge in [0.25, 0.3) is 0 Å². The van der Waals surface area contributed by atoms with Crippen molar-refractivity contribution in [2.75, 3.05) is 25.0 Å². The number of benzene rings is 1. The second kappa shape index (κ2) is 7.41. The van der Waals surface area contributed by atoms with E-state index >= 15 is 0 Å². The number of anilines is 1. The Labute approximate surface area is 160 Å². The van der Waals surface area contributed by atoms with Gasteiger partial charge in [-0.15, -0.1) is 0 Å². The highest BCUT2D eigenvalue weighted by Gasteiger charge is 2.33. The molecule has 0 bridgehead atoms. The number of ether oxygens (including phenoxy) is 1. The molecule has 0 atom stereocenters. The van der Waals surface area contributed by atoms with Gasteiger partial charge in [0.1, 0.15) is 12.1 Å². The van der Waals surface area contributed by atoms with Gasteiger partial charge in [0.05, 0.1) is 29.4 Å². The van der Waals surface area contributed by atoms with Crippen LogP contribution < -0.4 is 5.32 Å². The van der Waals surface area contributed by atoms with E-state index < -0.39 is 0 Å². The van der Waals surface area contributed by atoms with Gasteiger partial charge in [-0.3, -0.25) is 4.90 Å². The molecule has 2 aliphatic rings. The Balaban J connectivity index is 1.41. The fourth-order valence-electron chi connectivity index (χ4n) is 4.38. The summed E-state index contributed by atoms with van der Waals surface area (Å²) in [6.07, 6.45) is 6.25. The SMILES string of the molecule is CC1(C)CN([C@H]2CC[C@H](Nc3ncnc4ccc(C#N)cc34)CC2)CCO1. The molecule has 0 amide bonds. The molecule has 1 aromatic heterocycles. The lowest BCUT2D eigenvalue weighted by Gasteiger charge is -2.44. The number of nitriles is 1. The molecule has 142 valence electrons. The lowest BCUT2D eigenvalue weighted by molar-refractivity contribution is -0.100. The summed E-state index contributed by atoms with van der Waals surface area (Å²) in [5.74, 6) is 0.841. The molecule has 0 radical (unpaired) electrons. The standard InChI is InChI=1S/C21H27N5O/c1-21(2)13-26(9-10-27-21)17-6-4-16(5-7-17)25-20-18-11-15(12-22)3-8-19(18)23-14-24-20/h3,8,11,14,16-17H,4-7,9-10,13H2,1-2H3,(H,23,24,25)/t16-,17-. The van der Waals surface area contributed by atoms with Gasteiger partial charge >= 0.3 is 0 Å². The van der Waals surface area contributed by atoms with Crippen molar-refractivity contribution < 1.29 is 4.74 Å². The summed E-state index contributed by atoms with van der Waals surface area (Å²) in [5.41, 5.74) is 1.47. The Morgan fingerprint density at radius 1 is 1.22 bits per heavy atom. The van der Waals surface area contributed by atoms with Crippen molar-refractivity contribution in [3.63, 3.8) is 0 Å². The zero-order valence-electron chi connectivity index (χ0n) is 16.1. The summed E-state index contributed by atoms with van der Waals surface area (Å²) >= 11 is 0. The summed E-state index contributed by atoms with van der Waals surface area (Å²) in [4.78, 5) is 11.4. The first-order chi connectivity index (χ1) is 13.0. The molecule has 1 N–H and O–H groups in total. The van der Waals surface area contributed by atoms with E-state index in [0.717, 1.165) is 49.3 Å². The third-order valence-corrected chi connectivity index (χ3v) is 5.77. The topological polar surface area (TPSA) is 74.1 Å². The number of aromatic nitrogens is 2. The highest BCUT2D eigenvalue weighted by Crippen LogP contribution is 2.30. The molecule has 6 nitrogen and oxygen atoms in total. The molecule has 1 saturated carbocycles. The maximum absolute atomic E-state index is 9.17. The maximum Gasteiger partial charge on any atom is 0.137 e. The Morgan fingerprint density at radius 2 is 2.04 bits per heavy atom. The van der Waals surface area contributed by atoms with E-state index in [1.165, 1.54) is 12.8 Å². The number of hydrogen-bond acceptors (Lipinski definition) is 6. The van der Waals surface area contributed by atoms with Crippen LogP contribution in [0.2, 0.25) is 0 Å². The van der Waals surface area contributed by atoms with Crippen LogP contribution in [0, 0.1) is 11.3 Å². The number of hydrogen-bond donors (Lipinski definition) is 1. The Kier molecular flexibility index (Phi) is 4.98. The predicted octanol–water partition coefficient (Wildman–Crippen LogP) is 3.34. The molecule has 2 fully saturated rings. The van der Waals surface area contributed by atoms with Crippen molar-refractivity contribution in [2.45, 2.75) is 57.2 Å². The summed E-state index contributed by atoms with van der Waals surface area (Å²) in [7, 11) is 0. The number of nitrogens with zero attached hydrogens (tertiary/aromatic N) is 4. The van der Waals surface area contributed by atoms with Crippen molar-refractivity contribution in [1.29, 1.82) is 5.26 Å². The lowest BCUT2D eigenvalue weighted by atomic mass is 9.89. The van der Waals surface area contributed by atoms with Crippen LogP contribution in [0.5, 0.6) is 0 Å². The van der Waals surface area contributed by atoms with E-state index in [1.807, 2.05) is 12.1 Å². The molecule has 6 heteroatoms. The molecule has 2 heterocycles. The van der Waals surface area contributed by atoms with Crippen LogP contribution in [0.15, 0.2) is 24.5 Å². The first-order valence-electron chi connectivity index (χ1n) is 9.83.